The van der Waals surface area contributed by atoms with Gasteiger partial charge in [0.1, 0.15) is 5.60 Å². The van der Waals surface area contributed by atoms with Crippen LogP contribution in [0.1, 0.15) is 47.1 Å². The first-order valence-electron chi connectivity index (χ1n) is 9.77. The molecule has 0 bridgehead atoms. The summed E-state index contributed by atoms with van der Waals surface area (Å²) in [6.07, 6.45) is 0.408. The lowest BCUT2D eigenvalue weighted by Crippen LogP contribution is -2.44. The van der Waals surface area contributed by atoms with Gasteiger partial charge in [0.15, 0.2) is 5.96 Å². The van der Waals surface area contributed by atoms with E-state index in [0.29, 0.717) is 0 Å². The molecule has 4 N–H and O–H groups in total. The van der Waals surface area contributed by atoms with Crippen LogP contribution in [0.5, 0.6) is 0 Å². The fraction of sp³-hybridized carbons (Fsp3) is 0.619. The molecule has 0 fully saturated rings. The maximum atomic E-state index is 11.8. The molecule has 0 heterocycles. The predicted molar refractivity (Wildman–Crippen MR) is 117 cm³/mol. The summed E-state index contributed by atoms with van der Waals surface area (Å²) < 4.78 is 5.25. The second-order valence-electron chi connectivity index (χ2n) is 8.68. The number of nitrogens with one attached hydrogen (secondary N) is 4. The molecule has 0 unspecified atom stereocenters. The lowest BCUT2D eigenvalue weighted by atomic mass is 10.1. The largest absolute Gasteiger partial charge is 0.444 e. The Bertz CT molecular complexity index is 628. The number of carbonyl (C=O) groups excluding carboxylic acids is 1. The van der Waals surface area contributed by atoms with Crippen molar-refractivity contribution in [1.82, 2.24) is 16.0 Å². The highest BCUT2D eigenvalue weighted by molar-refractivity contribution is 5.84. The number of aliphatic imine (C=N–C) groups is 1. The Labute approximate surface area is 169 Å². The number of hydrogen-bond donors (Lipinski definition) is 4. The highest BCUT2D eigenvalue weighted by atomic mass is 16.6. The summed E-state index contributed by atoms with van der Waals surface area (Å²) in [5.74, 6) is 0.791. The van der Waals surface area contributed by atoms with Gasteiger partial charge >= 0.3 is 6.09 Å². The minimum atomic E-state index is -0.509. The number of benzene rings is 1. The molecular weight excluding hydrogens is 354 g/mol. The predicted octanol–water partition coefficient (Wildman–Crippen LogP) is 3.13. The van der Waals surface area contributed by atoms with Gasteiger partial charge < -0.3 is 20.7 Å². The highest BCUT2D eigenvalue weighted by Crippen LogP contribution is 2.13. The molecule has 28 heavy (non-hydrogen) atoms. The van der Waals surface area contributed by atoms with Crippen LogP contribution in [0.2, 0.25) is 0 Å². The molecule has 0 atom stereocenters. The van der Waals surface area contributed by atoms with E-state index in [4.69, 9.17) is 4.74 Å². The Balaban J connectivity index is 2.33. The number of rotatable bonds is 7. The average molecular weight is 392 g/mol. The normalized spacial score (nSPS) is 12.5. The van der Waals surface area contributed by atoms with Gasteiger partial charge in [0.25, 0.3) is 0 Å². The van der Waals surface area contributed by atoms with E-state index in [1.807, 2.05) is 45.0 Å². The minimum absolute atomic E-state index is 0.114. The molecule has 0 spiro atoms. The first kappa shape index (κ1) is 23.8. The van der Waals surface area contributed by atoms with Crippen molar-refractivity contribution in [3.8, 4) is 0 Å². The van der Waals surface area contributed by atoms with Gasteiger partial charge in [0.05, 0.1) is 0 Å². The fourth-order valence-corrected chi connectivity index (χ4v) is 2.34. The van der Waals surface area contributed by atoms with Gasteiger partial charge in [-0.25, -0.2) is 4.79 Å². The molecule has 7 heteroatoms. The summed E-state index contributed by atoms with van der Waals surface area (Å²) in [6, 6.07) is 7.75. The van der Waals surface area contributed by atoms with E-state index in [1.54, 1.807) is 7.05 Å². The molecule has 1 amide bonds. The molecule has 0 aliphatic heterocycles. The van der Waals surface area contributed by atoms with Crippen molar-refractivity contribution in [3.63, 3.8) is 0 Å². The maximum absolute atomic E-state index is 11.8. The van der Waals surface area contributed by atoms with Gasteiger partial charge in [-0.2, -0.15) is 0 Å². The monoisotopic (exact) mass is 391 g/mol. The van der Waals surface area contributed by atoms with E-state index < -0.39 is 11.7 Å². The van der Waals surface area contributed by atoms with Crippen LogP contribution in [-0.2, 0) is 11.2 Å². The van der Waals surface area contributed by atoms with Gasteiger partial charge in [-0.15, -0.1) is 0 Å². The van der Waals surface area contributed by atoms with E-state index in [0.717, 1.165) is 37.7 Å². The van der Waals surface area contributed by atoms with Crippen LogP contribution in [0.25, 0.3) is 0 Å². The third-order valence-corrected chi connectivity index (χ3v) is 3.60. The Hall–Kier alpha value is -2.28. The molecule has 7 nitrogen and oxygen atoms in total. The zero-order valence-electron chi connectivity index (χ0n) is 18.4. The van der Waals surface area contributed by atoms with Crippen LogP contribution in [-0.4, -0.2) is 49.9 Å². The quantitative estimate of drug-likeness (QED) is 0.326. The van der Waals surface area contributed by atoms with Crippen molar-refractivity contribution in [2.45, 2.75) is 59.1 Å². The van der Waals surface area contributed by atoms with Gasteiger partial charge in [-0.3, -0.25) is 10.3 Å². The lowest BCUT2D eigenvalue weighted by molar-refractivity contribution is 0.0636. The van der Waals surface area contributed by atoms with Gasteiger partial charge in [-0.1, -0.05) is 12.1 Å². The maximum Gasteiger partial charge on any atom is 0.412 e. The highest BCUT2D eigenvalue weighted by Gasteiger charge is 2.16. The summed E-state index contributed by atoms with van der Waals surface area (Å²) in [7, 11) is 1.77. The summed E-state index contributed by atoms with van der Waals surface area (Å²) in [6.45, 7) is 14.4. The molecule has 1 aromatic rings. The smallest absolute Gasteiger partial charge is 0.412 e. The van der Waals surface area contributed by atoms with Crippen molar-refractivity contribution in [3.05, 3.63) is 29.8 Å². The van der Waals surface area contributed by atoms with Gasteiger partial charge in [-0.05, 0) is 65.7 Å². The fourth-order valence-electron chi connectivity index (χ4n) is 2.34. The molecule has 1 aromatic carbocycles. The first-order chi connectivity index (χ1) is 13.0. The number of anilines is 1. The first-order valence-corrected chi connectivity index (χ1v) is 9.77. The molecule has 0 radical (unpaired) electrons. The van der Waals surface area contributed by atoms with Gasteiger partial charge in [0, 0.05) is 37.9 Å². The molecule has 158 valence electrons. The molecule has 0 saturated carbocycles. The minimum Gasteiger partial charge on any atom is -0.444 e. The average Bonchev–Trinajstić information content (AvgIpc) is 2.56. The lowest BCUT2D eigenvalue weighted by Gasteiger charge is -2.21. The Morgan fingerprint density at radius 1 is 0.964 bits per heavy atom. The number of amides is 1. The Morgan fingerprint density at radius 2 is 1.57 bits per heavy atom. The molecular formula is C21H37N5O2. The molecule has 1 rings (SSSR count). The van der Waals surface area contributed by atoms with E-state index in [9.17, 15) is 4.79 Å². The van der Waals surface area contributed by atoms with Crippen LogP contribution < -0.4 is 21.3 Å². The summed E-state index contributed by atoms with van der Waals surface area (Å²) >= 11 is 0. The number of carbonyl (C=O) groups is 1. The van der Waals surface area contributed by atoms with Crippen molar-refractivity contribution in [2.24, 2.45) is 4.99 Å². The van der Waals surface area contributed by atoms with Crippen LogP contribution in [0, 0.1) is 0 Å². The molecule has 0 saturated heterocycles. The number of hydrogen-bond acceptors (Lipinski definition) is 4. The second-order valence-corrected chi connectivity index (χ2v) is 8.68. The van der Waals surface area contributed by atoms with E-state index in [1.165, 1.54) is 5.56 Å². The van der Waals surface area contributed by atoms with Crippen molar-refractivity contribution >= 4 is 17.7 Å². The molecule has 0 aromatic heterocycles. The number of ether oxygens (including phenoxy) is 1. The molecule has 0 aliphatic carbocycles. The zero-order valence-corrected chi connectivity index (χ0v) is 18.4. The van der Waals surface area contributed by atoms with Crippen molar-refractivity contribution < 1.29 is 9.53 Å². The van der Waals surface area contributed by atoms with Crippen LogP contribution in [0.15, 0.2) is 29.3 Å². The zero-order chi connectivity index (χ0) is 21.2. The summed E-state index contributed by atoms with van der Waals surface area (Å²) in [5.41, 5.74) is 1.50. The summed E-state index contributed by atoms with van der Waals surface area (Å²) in [4.78, 5) is 16.0. The summed E-state index contributed by atoms with van der Waals surface area (Å²) in [5, 5.41) is 12.8. The van der Waals surface area contributed by atoms with Crippen LogP contribution in [0.3, 0.4) is 0 Å². The Kier molecular flexibility index (Phi) is 9.25. The van der Waals surface area contributed by atoms with Crippen molar-refractivity contribution in [1.29, 1.82) is 0 Å². The third kappa shape index (κ3) is 11.4. The van der Waals surface area contributed by atoms with Crippen LogP contribution in [0.4, 0.5) is 10.5 Å². The second kappa shape index (κ2) is 10.9. The standard InChI is InChI=1S/C21H37N5O2/c1-20(2,3)25-15-14-24-18(22-7)23-13-12-16-8-10-17(11-9-16)26-19(27)28-21(4,5)6/h8-11,25H,12-15H2,1-7H3,(H,26,27)(H2,22,23,24). The van der Waals surface area contributed by atoms with Crippen LogP contribution >= 0.6 is 0 Å². The van der Waals surface area contributed by atoms with E-state index in [-0.39, 0.29) is 5.54 Å². The third-order valence-electron chi connectivity index (χ3n) is 3.60. The van der Waals surface area contributed by atoms with E-state index >= 15 is 0 Å². The van der Waals surface area contributed by atoms with Crippen molar-refractivity contribution in [2.75, 3.05) is 32.0 Å². The number of nitrogens with zero attached hydrogens (tertiary/aromatic N) is 1. The van der Waals surface area contributed by atoms with E-state index in [2.05, 4.69) is 47.0 Å². The molecule has 0 aliphatic rings. The number of guanidine groups is 1. The van der Waals surface area contributed by atoms with Gasteiger partial charge in [0.2, 0.25) is 0 Å². The SMILES string of the molecule is CN=C(NCCNC(C)(C)C)NCCc1ccc(NC(=O)OC(C)(C)C)cc1. The Morgan fingerprint density at radius 3 is 2.11 bits per heavy atom. The topological polar surface area (TPSA) is 86.8 Å².